The fraction of sp³-hybridized carbons (Fsp3) is 0.486. The van der Waals surface area contributed by atoms with Crippen LogP contribution in [0.25, 0.3) is 10.8 Å². The molecule has 2 aromatic carbocycles. The summed E-state index contributed by atoms with van der Waals surface area (Å²) in [6, 6.07) is 11.8. The van der Waals surface area contributed by atoms with Gasteiger partial charge < -0.3 is 29.7 Å². The Morgan fingerprint density at radius 1 is 1.07 bits per heavy atom. The average Bonchev–Trinajstić information content (AvgIpc) is 3.62. The Hall–Kier alpha value is -3.54. The van der Waals surface area contributed by atoms with Crippen molar-refractivity contribution in [1.29, 1.82) is 0 Å². The summed E-state index contributed by atoms with van der Waals surface area (Å²) in [5.41, 5.74) is -0.836. The number of nitrogens with one attached hydrogen (secondary N) is 1. The zero-order valence-electron chi connectivity index (χ0n) is 26.2. The molecule has 0 saturated carbocycles. The Morgan fingerprint density at radius 2 is 1.83 bits per heavy atom. The first kappa shape index (κ1) is 32.4. The summed E-state index contributed by atoms with van der Waals surface area (Å²) in [5.74, 6) is -3.57. The fourth-order valence-corrected chi connectivity index (χ4v) is 8.15. The summed E-state index contributed by atoms with van der Waals surface area (Å²) in [7, 11) is 0. The van der Waals surface area contributed by atoms with Crippen molar-refractivity contribution in [1.82, 2.24) is 10.2 Å². The standard InChI is InChI=1S/C35H40BrN3O7/c1-20(2)15-25(19-40)39-31-33(43)38(24-13-12-22-9-6-7-10-23(22)16-24)14-8-4-5-11-27(41)37-18-21(3)45-34(44)28-29(32(39)42)35(31)17-26(36)30(28)46-35/h4,6-10,12-13,16-17,20-21,25,28-31,40H,5,11,14-15,18-19H2,1-3H3,(H,37,41)/b8-4-/t21-,25-,28+,29-,30+,31+,35-/m1/s1. The molecule has 4 aliphatic rings. The summed E-state index contributed by atoms with van der Waals surface area (Å²) >= 11 is 3.58. The van der Waals surface area contributed by atoms with Gasteiger partial charge >= 0.3 is 5.97 Å². The van der Waals surface area contributed by atoms with E-state index in [2.05, 4.69) is 21.2 Å². The molecular weight excluding hydrogens is 654 g/mol. The largest absolute Gasteiger partial charge is 0.460 e. The second-order valence-electron chi connectivity index (χ2n) is 13.1. The molecule has 2 saturated heterocycles. The molecular formula is C35H40BrN3O7. The van der Waals surface area contributed by atoms with Crippen LogP contribution in [0.2, 0.25) is 0 Å². The number of benzene rings is 2. The summed E-state index contributed by atoms with van der Waals surface area (Å²) in [6.45, 7) is 5.61. The van der Waals surface area contributed by atoms with Crippen molar-refractivity contribution in [3.63, 3.8) is 0 Å². The Labute approximate surface area is 276 Å². The van der Waals surface area contributed by atoms with Crippen molar-refractivity contribution in [2.75, 3.05) is 24.6 Å². The van der Waals surface area contributed by atoms with Gasteiger partial charge in [-0.1, -0.05) is 72.3 Å². The van der Waals surface area contributed by atoms with E-state index < -0.39 is 53.6 Å². The number of aliphatic hydroxyl groups is 1. The van der Waals surface area contributed by atoms with Gasteiger partial charge in [-0.2, -0.15) is 0 Å². The van der Waals surface area contributed by atoms with Crippen LogP contribution in [-0.2, 0) is 28.7 Å². The van der Waals surface area contributed by atoms with Gasteiger partial charge in [-0.05, 0) is 54.7 Å². The second-order valence-corrected chi connectivity index (χ2v) is 14.0. The quantitative estimate of drug-likeness (QED) is 0.360. The molecule has 11 heteroatoms. The van der Waals surface area contributed by atoms with Gasteiger partial charge in [0.25, 0.3) is 5.91 Å². The van der Waals surface area contributed by atoms with Gasteiger partial charge in [-0.15, -0.1) is 0 Å². The molecule has 3 amide bonds. The minimum atomic E-state index is -1.46. The highest BCUT2D eigenvalue weighted by molar-refractivity contribution is 9.11. The van der Waals surface area contributed by atoms with E-state index in [1.165, 1.54) is 4.90 Å². The molecule has 0 aliphatic carbocycles. The number of halogens is 1. The van der Waals surface area contributed by atoms with Gasteiger partial charge in [0.15, 0.2) is 0 Å². The van der Waals surface area contributed by atoms with E-state index in [0.29, 0.717) is 23.0 Å². The van der Waals surface area contributed by atoms with Crippen LogP contribution in [0.15, 0.2) is 65.2 Å². The van der Waals surface area contributed by atoms with Gasteiger partial charge in [-0.3, -0.25) is 19.2 Å². The van der Waals surface area contributed by atoms with Gasteiger partial charge in [-0.25, -0.2) is 0 Å². The van der Waals surface area contributed by atoms with E-state index in [9.17, 15) is 19.5 Å². The predicted molar refractivity (Wildman–Crippen MR) is 176 cm³/mol. The summed E-state index contributed by atoms with van der Waals surface area (Å²) < 4.78 is 12.9. The molecule has 2 aromatic rings. The van der Waals surface area contributed by atoms with Crippen LogP contribution in [-0.4, -0.2) is 83.3 Å². The highest BCUT2D eigenvalue weighted by atomic mass is 79.9. The molecule has 5 bridgehead atoms. The van der Waals surface area contributed by atoms with E-state index in [1.54, 1.807) is 17.9 Å². The van der Waals surface area contributed by atoms with Crippen molar-refractivity contribution in [3.8, 4) is 0 Å². The first-order chi connectivity index (χ1) is 22.1. The first-order valence-corrected chi connectivity index (χ1v) is 16.8. The summed E-state index contributed by atoms with van der Waals surface area (Å²) in [5, 5.41) is 15.4. The maximum Gasteiger partial charge on any atom is 0.313 e. The Kier molecular flexibility index (Phi) is 9.11. The monoisotopic (exact) mass is 693 g/mol. The number of cyclic esters (lactones) is 1. The van der Waals surface area contributed by atoms with Crippen LogP contribution < -0.4 is 10.2 Å². The molecule has 46 heavy (non-hydrogen) atoms. The SMILES string of the molecule is CC(C)C[C@H](CO)N1C(=O)[C@H]2[C@@H]3C(=O)O[C@H](C)CNC(=O)CC/C=C\CN(c4ccc5ccccc5c4)C(=O)[C@H]1[C@@]21C=C(Br)[C@@H]3O1. The van der Waals surface area contributed by atoms with E-state index in [1.807, 2.05) is 68.5 Å². The number of nitrogens with zero attached hydrogens (tertiary/aromatic N) is 2. The maximum absolute atomic E-state index is 15.1. The lowest BCUT2D eigenvalue weighted by Crippen LogP contribution is -2.59. The molecule has 1 spiro atoms. The summed E-state index contributed by atoms with van der Waals surface area (Å²) in [4.78, 5) is 59.1. The number of hydrogen-bond donors (Lipinski definition) is 2. The Morgan fingerprint density at radius 3 is 2.57 bits per heavy atom. The molecule has 10 nitrogen and oxygen atoms in total. The number of likely N-dealkylation sites (tertiary alicyclic amines) is 1. The smallest absolute Gasteiger partial charge is 0.313 e. The van der Waals surface area contributed by atoms with Crippen LogP contribution in [0.1, 0.15) is 40.0 Å². The zero-order chi connectivity index (χ0) is 32.7. The highest BCUT2D eigenvalue weighted by Crippen LogP contribution is 2.59. The minimum Gasteiger partial charge on any atom is -0.460 e. The van der Waals surface area contributed by atoms with Crippen LogP contribution >= 0.6 is 15.9 Å². The average molecular weight is 695 g/mol. The molecule has 0 unspecified atom stereocenters. The number of fused-ring (bicyclic) bond motifs is 3. The number of carbonyl (C=O) groups is 4. The fourth-order valence-electron chi connectivity index (χ4n) is 7.41. The number of anilines is 1. The molecule has 4 heterocycles. The maximum atomic E-state index is 15.1. The van der Waals surface area contributed by atoms with Crippen molar-refractivity contribution in [2.24, 2.45) is 17.8 Å². The number of amides is 3. The van der Waals surface area contributed by atoms with Gasteiger partial charge in [0.1, 0.15) is 29.8 Å². The molecule has 0 aromatic heterocycles. The highest BCUT2D eigenvalue weighted by Gasteiger charge is 2.75. The zero-order valence-corrected chi connectivity index (χ0v) is 27.8. The number of esters is 1. The van der Waals surface area contributed by atoms with Crippen LogP contribution in [0.4, 0.5) is 5.69 Å². The van der Waals surface area contributed by atoms with Crippen LogP contribution in [0, 0.1) is 17.8 Å². The van der Waals surface area contributed by atoms with Crippen molar-refractivity contribution in [3.05, 3.63) is 65.2 Å². The molecule has 244 valence electrons. The molecule has 2 N–H and O–H groups in total. The Balaban J connectivity index is 1.51. The minimum absolute atomic E-state index is 0.111. The van der Waals surface area contributed by atoms with E-state index in [0.717, 1.165) is 10.8 Å². The lowest BCUT2D eigenvalue weighted by atomic mass is 9.74. The molecule has 7 atom stereocenters. The number of allylic oxidation sites excluding steroid dienone is 1. The molecule has 6 rings (SSSR count). The third-order valence-electron chi connectivity index (χ3n) is 9.43. The van der Waals surface area contributed by atoms with E-state index in [4.69, 9.17) is 9.47 Å². The normalized spacial score (nSPS) is 31.6. The van der Waals surface area contributed by atoms with E-state index >= 15 is 4.79 Å². The van der Waals surface area contributed by atoms with Crippen molar-refractivity contribution >= 4 is 56.1 Å². The van der Waals surface area contributed by atoms with E-state index in [-0.39, 0.29) is 43.8 Å². The lowest BCUT2D eigenvalue weighted by molar-refractivity contribution is -0.159. The third-order valence-corrected chi connectivity index (χ3v) is 10.1. The lowest BCUT2D eigenvalue weighted by Gasteiger charge is -2.39. The molecule has 2 fully saturated rings. The molecule has 4 aliphatic heterocycles. The van der Waals surface area contributed by atoms with Gasteiger partial charge in [0.2, 0.25) is 11.8 Å². The van der Waals surface area contributed by atoms with Crippen molar-refractivity contribution < 1.29 is 33.8 Å². The topological polar surface area (TPSA) is 125 Å². The second kappa shape index (κ2) is 12.9. The van der Waals surface area contributed by atoms with Gasteiger partial charge in [0.05, 0.1) is 25.1 Å². The summed E-state index contributed by atoms with van der Waals surface area (Å²) in [6.07, 6.45) is 5.15. The number of rotatable bonds is 5. The first-order valence-electron chi connectivity index (χ1n) is 16.0. The number of hydrogen-bond acceptors (Lipinski definition) is 7. The van der Waals surface area contributed by atoms with Crippen LogP contribution in [0.3, 0.4) is 0 Å². The molecule has 0 radical (unpaired) electrons. The Bertz CT molecular complexity index is 1610. The van der Waals surface area contributed by atoms with Gasteiger partial charge in [0, 0.05) is 23.1 Å². The predicted octanol–water partition coefficient (Wildman–Crippen LogP) is 3.85. The third kappa shape index (κ3) is 5.66. The number of carbonyl (C=O) groups excluding carboxylic acids is 4. The van der Waals surface area contributed by atoms with Crippen molar-refractivity contribution in [2.45, 2.75) is 69.9 Å². The number of ether oxygens (including phenoxy) is 2. The number of aliphatic hydroxyl groups excluding tert-OH is 1. The van der Waals surface area contributed by atoms with Crippen LogP contribution in [0.5, 0.6) is 0 Å².